The van der Waals surface area contributed by atoms with E-state index in [1.54, 1.807) is 11.8 Å². The number of hydrogen-bond acceptors (Lipinski definition) is 6. The number of benzene rings is 2. The van der Waals surface area contributed by atoms with Crippen molar-refractivity contribution in [3.05, 3.63) is 76.4 Å². The van der Waals surface area contributed by atoms with Crippen molar-refractivity contribution in [1.82, 2.24) is 10.1 Å². The fourth-order valence-corrected chi connectivity index (χ4v) is 6.10. The standard InChI is InChI=1S/C24H23ClF2N2O3S/c25-16-3-1-15(2-4-16)11-24-8-9-30-20(7-10-33-13-21-28-14-32-29-21)17(24)12-31-23-19(27)6-5-18(26)22(23)24/h1-6,14,17,20H,7-13H2/t17-,20-,24-/m0/s1. The topological polar surface area (TPSA) is 57.4 Å². The summed E-state index contributed by atoms with van der Waals surface area (Å²) in [6, 6.07) is 9.90. The molecule has 0 saturated carbocycles. The van der Waals surface area contributed by atoms with E-state index < -0.39 is 17.0 Å². The van der Waals surface area contributed by atoms with Crippen LogP contribution in [-0.4, -0.2) is 35.2 Å². The van der Waals surface area contributed by atoms with E-state index in [0.717, 1.165) is 23.8 Å². The Labute approximate surface area is 199 Å². The molecule has 0 bridgehead atoms. The molecule has 1 saturated heterocycles. The van der Waals surface area contributed by atoms with E-state index in [1.165, 1.54) is 12.5 Å². The summed E-state index contributed by atoms with van der Waals surface area (Å²) in [5.41, 5.74) is 0.726. The van der Waals surface area contributed by atoms with Crippen molar-refractivity contribution in [1.29, 1.82) is 0 Å². The Hall–Kier alpha value is -2.16. The van der Waals surface area contributed by atoms with Crippen LogP contribution < -0.4 is 4.74 Å². The van der Waals surface area contributed by atoms with Crippen LogP contribution in [0.25, 0.3) is 0 Å². The quantitative estimate of drug-likeness (QED) is 0.400. The van der Waals surface area contributed by atoms with Crippen LogP contribution in [0.4, 0.5) is 8.78 Å². The summed E-state index contributed by atoms with van der Waals surface area (Å²) in [4.78, 5) is 4.04. The molecular formula is C24H23ClF2N2O3S. The Bertz CT molecular complexity index is 1100. The number of ether oxygens (including phenoxy) is 2. The zero-order valence-corrected chi connectivity index (χ0v) is 19.4. The van der Waals surface area contributed by atoms with Crippen molar-refractivity contribution in [3.8, 4) is 5.75 Å². The summed E-state index contributed by atoms with van der Waals surface area (Å²) in [5, 5.41) is 4.47. The minimum Gasteiger partial charge on any atom is -0.490 e. The van der Waals surface area contributed by atoms with Gasteiger partial charge in [0.1, 0.15) is 5.82 Å². The second kappa shape index (κ2) is 9.60. The molecule has 2 aromatic carbocycles. The number of aromatic nitrogens is 2. The smallest absolute Gasteiger partial charge is 0.213 e. The number of nitrogens with zero attached hydrogens (tertiary/aromatic N) is 2. The maximum absolute atomic E-state index is 15.3. The first kappa shape index (κ1) is 22.6. The fourth-order valence-electron chi connectivity index (χ4n) is 5.12. The highest BCUT2D eigenvalue weighted by Gasteiger charge is 2.53. The van der Waals surface area contributed by atoms with E-state index in [9.17, 15) is 4.39 Å². The van der Waals surface area contributed by atoms with Crippen molar-refractivity contribution < 1.29 is 22.8 Å². The van der Waals surface area contributed by atoms with Gasteiger partial charge in [-0.1, -0.05) is 28.9 Å². The van der Waals surface area contributed by atoms with E-state index in [1.807, 2.05) is 24.3 Å². The maximum Gasteiger partial charge on any atom is 0.213 e. The minimum atomic E-state index is -0.630. The van der Waals surface area contributed by atoms with Crippen LogP contribution in [0.15, 0.2) is 47.3 Å². The van der Waals surface area contributed by atoms with Crippen LogP contribution in [0.2, 0.25) is 5.02 Å². The number of fused-ring (bicyclic) bond motifs is 3. The molecule has 33 heavy (non-hydrogen) atoms. The van der Waals surface area contributed by atoms with Crippen molar-refractivity contribution in [3.63, 3.8) is 0 Å². The van der Waals surface area contributed by atoms with Crippen molar-refractivity contribution in [2.75, 3.05) is 19.0 Å². The van der Waals surface area contributed by atoms with Crippen LogP contribution in [-0.2, 0) is 22.3 Å². The van der Waals surface area contributed by atoms with E-state index in [2.05, 4.69) is 10.1 Å². The fraction of sp³-hybridized carbons (Fsp3) is 0.417. The first-order valence-electron chi connectivity index (χ1n) is 10.9. The molecule has 3 heterocycles. The lowest BCUT2D eigenvalue weighted by Gasteiger charge is -2.51. The molecule has 3 aromatic rings. The number of rotatable bonds is 7. The molecule has 5 rings (SSSR count). The van der Waals surface area contributed by atoms with Crippen LogP contribution in [0, 0.1) is 17.6 Å². The Morgan fingerprint density at radius 3 is 2.73 bits per heavy atom. The van der Waals surface area contributed by atoms with Gasteiger partial charge in [0.15, 0.2) is 17.4 Å². The monoisotopic (exact) mass is 492 g/mol. The van der Waals surface area contributed by atoms with Crippen LogP contribution in [0.3, 0.4) is 0 Å². The van der Waals surface area contributed by atoms with E-state index in [0.29, 0.717) is 41.6 Å². The van der Waals surface area contributed by atoms with Crippen LogP contribution in [0.5, 0.6) is 5.75 Å². The second-order valence-corrected chi connectivity index (χ2v) is 10.00. The molecule has 0 unspecified atom stereocenters. The van der Waals surface area contributed by atoms with Gasteiger partial charge in [-0.2, -0.15) is 16.7 Å². The summed E-state index contributed by atoms with van der Waals surface area (Å²) >= 11 is 7.77. The van der Waals surface area contributed by atoms with Crippen LogP contribution >= 0.6 is 23.4 Å². The third kappa shape index (κ3) is 4.48. The molecule has 174 valence electrons. The van der Waals surface area contributed by atoms with Gasteiger partial charge >= 0.3 is 0 Å². The van der Waals surface area contributed by atoms with Crippen molar-refractivity contribution >= 4 is 23.4 Å². The Morgan fingerprint density at radius 2 is 1.94 bits per heavy atom. The first-order valence-corrected chi connectivity index (χ1v) is 12.4. The lowest BCUT2D eigenvalue weighted by molar-refractivity contribution is -0.0962. The third-order valence-corrected chi connectivity index (χ3v) is 7.86. The number of thioether (sulfide) groups is 1. The summed E-state index contributed by atoms with van der Waals surface area (Å²) in [6.07, 6.45) is 3.07. The molecule has 0 N–H and O–H groups in total. The number of hydrogen-bond donors (Lipinski definition) is 0. The second-order valence-electron chi connectivity index (χ2n) is 8.46. The summed E-state index contributed by atoms with van der Waals surface area (Å²) < 4.78 is 46.7. The highest BCUT2D eigenvalue weighted by atomic mass is 35.5. The largest absolute Gasteiger partial charge is 0.490 e. The zero-order chi connectivity index (χ0) is 22.8. The first-order chi connectivity index (χ1) is 16.1. The van der Waals surface area contributed by atoms with E-state index >= 15 is 4.39 Å². The molecule has 1 aromatic heterocycles. The molecule has 0 radical (unpaired) electrons. The molecule has 2 aliphatic rings. The Balaban J connectivity index is 1.44. The summed E-state index contributed by atoms with van der Waals surface area (Å²) in [7, 11) is 0. The van der Waals surface area contributed by atoms with Gasteiger partial charge in [0.2, 0.25) is 6.39 Å². The molecule has 2 aliphatic heterocycles. The predicted molar refractivity (Wildman–Crippen MR) is 122 cm³/mol. The molecule has 0 aliphatic carbocycles. The molecule has 9 heteroatoms. The van der Waals surface area contributed by atoms with Crippen LogP contribution in [0.1, 0.15) is 29.8 Å². The van der Waals surface area contributed by atoms with E-state index in [-0.39, 0.29) is 24.4 Å². The molecular weight excluding hydrogens is 470 g/mol. The SMILES string of the molecule is Fc1ccc(F)c2c1OC[C@H]1[C@H](CCSCc3ncon3)OCC[C@@]21Cc1ccc(Cl)cc1. The van der Waals surface area contributed by atoms with E-state index in [4.69, 9.17) is 25.6 Å². The summed E-state index contributed by atoms with van der Waals surface area (Å²) in [6.45, 7) is 0.751. The average molecular weight is 493 g/mol. The van der Waals surface area contributed by atoms with Crippen molar-refractivity contribution in [2.24, 2.45) is 5.92 Å². The summed E-state index contributed by atoms with van der Waals surface area (Å²) in [5.74, 6) is 1.06. The van der Waals surface area contributed by atoms with Gasteiger partial charge in [-0.3, -0.25) is 0 Å². The van der Waals surface area contributed by atoms with Gasteiger partial charge in [0.25, 0.3) is 0 Å². The molecule has 3 atom stereocenters. The van der Waals surface area contributed by atoms with Gasteiger partial charge in [0, 0.05) is 28.5 Å². The van der Waals surface area contributed by atoms with Gasteiger partial charge in [-0.25, -0.2) is 8.78 Å². The normalized spacial score (nSPS) is 24.1. The van der Waals surface area contributed by atoms with Gasteiger partial charge < -0.3 is 14.0 Å². The molecule has 0 amide bonds. The number of halogens is 3. The highest BCUT2D eigenvalue weighted by molar-refractivity contribution is 7.98. The predicted octanol–water partition coefficient (Wildman–Crippen LogP) is 5.60. The Morgan fingerprint density at radius 1 is 1.12 bits per heavy atom. The Kier molecular flexibility index (Phi) is 6.58. The average Bonchev–Trinajstić information content (AvgIpc) is 3.34. The highest BCUT2D eigenvalue weighted by Crippen LogP contribution is 2.52. The van der Waals surface area contributed by atoms with Gasteiger partial charge in [-0.05, 0) is 54.8 Å². The van der Waals surface area contributed by atoms with Crippen molar-refractivity contribution in [2.45, 2.75) is 36.5 Å². The molecule has 5 nitrogen and oxygen atoms in total. The third-order valence-electron chi connectivity index (χ3n) is 6.62. The lowest BCUT2D eigenvalue weighted by Crippen LogP contribution is -2.55. The minimum absolute atomic E-state index is 0.0346. The zero-order valence-electron chi connectivity index (χ0n) is 17.8. The van der Waals surface area contributed by atoms with Gasteiger partial charge in [0.05, 0.1) is 18.5 Å². The molecule has 0 spiro atoms. The van der Waals surface area contributed by atoms with Gasteiger partial charge in [-0.15, -0.1) is 0 Å². The molecule has 1 fully saturated rings. The lowest BCUT2D eigenvalue weighted by atomic mass is 9.60. The maximum atomic E-state index is 15.3.